The van der Waals surface area contributed by atoms with Crippen molar-refractivity contribution in [2.75, 3.05) is 7.11 Å². The molecule has 0 rings (SSSR count). The molecule has 0 aromatic carbocycles. The van der Waals surface area contributed by atoms with Gasteiger partial charge in [0.25, 0.3) is 0 Å². The average Bonchev–Trinajstić information content (AvgIpc) is 1.86. The lowest BCUT2D eigenvalue weighted by molar-refractivity contribution is -0.166. The van der Waals surface area contributed by atoms with Crippen LogP contribution in [0, 0.1) is 0 Å². The predicted octanol–water partition coefficient (Wildman–Crippen LogP) is -0.0143. The molecule has 0 bridgehead atoms. The van der Waals surface area contributed by atoms with Crippen LogP contribution in [0.1, 0.15) is 13.3 Å². The summed E-state index contributed by atoms with van der Waals surface area (Å²) in [5, 5.41) is 8.66. The summed E-state index contributed by atoms with van der Waals surface area (Å²) in [6.07, 6.45) is -1.50. The number of halogens is 1. The highest BCUT2D eigenvalue weighted by molar-refractivity contribution is 4.71. The molecule has 0 saturated heterocycles. The number of nitrogens with two attached hydrogens (primary N) is 1. The highest BCUT2D eigenvalue weighted by atomic mass is 19.1. The second-order valence-electron chi connectivity index (χ2n) is 1.87. The Hall–Kier alpha value is -0.190. The van der Waals surface area contributed by atoms with E-state index in [0.29, 0.717) is 0 Å². The first-order chi connectivity index (χ1) is 4.04. The maximum atomic E-state index is 12.6. The van der Waals surface area contributed by atoms with E-state index in [0.717, 1.165) is 0 Å². The Balaban J connectivity index is 3.80. The Morgan fingerprint density at radius 3 is 2.44 bits per heavy atom. The van der Waals surface area contributed by atoms with Crippen molar-refractivity contribution in [3.63, 3.8) is 0 Å². The number of hydrogen-bond donors (Lipinski definition) is 2. The molecule has 0 fully saturated rings. The highest BCUT2D eigenvalue weighted by Crippen LogP contribution is 2.13. The van der Waals surface area contributed by atoms with Crippen LogP contribution in [-0.4, -0.2) is 24.3 Å². The van der Waals surface area contributed by atoms with Crippen LogP contribution in [0.3, 0.4) is 0 Å². The molecule has 0 spiro atoms. The van der Waals surface area contributed by atoms with Crippen LogP contribution in [0.5, 0.6) is 0 Å². The largest absolute Gasteiger partial charge is 0.364 e. The standard InChI is InChI=1S/C5H12FNO2/c1-3-5(6,7)4(8)9-2/h4,8H,3,7H2,1-2H3. The molecular weight excluding hydrogens is 125 g/mol. The zero-order chi connectivity index (χ0) is 7.49. The first kappa shape index (κ1) is 8.81. The van der Waals surface area contributed by atoms with E-state index in [1.807, 2.05) is 0 Å². The summed E-state index contributed by atoms with van der Waals surface area (Å²) in [5.41, 5.74) is 4.93. The first-order valence-corrected chi connectivity index (χ1v) is 2.73. The summed E-state index contributed by atoms with van der Waals surface area (Å²) in [5.74, 6) is -2.12. The molecule has 0 saturated carbocycles. The molecule has 4 heteroatoms. The Kier molecular flexibility index (Phi) is 3.03. The SMILES string of the molecule is CCC(N)(F)C(O)OC. The van der Waals surface area contributed by atoms with Crippen molar-refractivity contribution < 1.29 is 14.2 Å². The molecular formula is C5H12FNO2. The summed E-state index contributed by atoms with van der Waals surface area (Å²) in [4.78, 5) is 0. The second kappa shape index (κ2) is 3.10. The third kappa shape index (κ3) is 2.26. The normalized spacial score (nSPS) is 21.0. The van der Waals surface area contributed by atoms with Gasteiger partial charge in [-0.25, -0.2) is 4.39 Å². The Labute approximate surface area is 53.6 Å². The van der Waals surface area contributed by atoms with Gasteiger partial charge in [0.05, 0.1) is 0 Å². The first-order valence-electron chi connectivity index (χ1n) is 2.73. The van der Waals surface area contributed by atoms with Crippen LogP contribution in [0.15, 0.2) is 0 Å². The fourth-order valence-corrected chi connectivity index (χ4v) is 0.371. The number of aliphatic hydroxyl groups is 1. The van der Waals surface area contributed by atoms with Crippen LogP contribution in [0.2, 0.25) is 0 Å². The Morgan fingerprint density at radius 2 is 2.33 bits per heavy atom. The number of hydrogen-bond acceptors (Lipinski definition) is 3. The maximum absolute atomic E-state index is 12.6. The van der Waals surface area contributed by atoms with Gasteiger partial charge < -0.3 is 9.84 Å². The molecule has 0 aromatic heterocycles. The number of ether oxygens (including phenoxy) is 1. The van der Waals surface area contributed by atoms with Gasteiger partial charge >= 0.3 is 0 Å². The summed E-state index contributed by atoms with van der Waals surface area (Å²) >= 11 is 0. The third-order valence-corrected chi connectivity index (χ3v) is 1.18. The monoisotopic (exact) mass is 137 g/mol. The summed E-state index contributed by atoms with van der Waals surface area (Å²) in [7, 11) is 1.20. The van der Waals surface area contributed by atoms with E-state index in [1.165, 1.54) is 14.0 Å². The fourth-order valence-electron chi connectivity index (χ4n) is 0.371. The minimum Gasteiger partial charge on any atom is -0.364 e. The van der Waals surface area contributed by atoms with Crippen LogP contribution in [0.25, 0.3) is 0 Å². The Morgan fingerprint density at radius 1 is 1.89 bits per heavy atom. The van der Waals surface area contributed by atoms with Crippen molar-refractivity contribution in [1.29, 1.82) is 0 Å². The van der Waals surface area contributed by atoms with Crippen molar-refractivity contribution in [2.45, 2.75) is 25.4 Å². The molecule has 0 radical (unpaired) electrons. The molecule has 0 amide bonds. The maximum Gasteiger partial charge on any atom is 0.209 e. The van der Waals surface area contributed by atoms with Gasteiger partial charge in [0.2, 0.25) is 12.1 Å². The predicted molar refractivity (Wildman–Crippen MR) is 31.3 cm³/mol. The lowest BCUT2D eigenvalue weighted by Crippen LogP contribution is -2.47. The molecule has 3 nitrogen and oxygen atoms in total. The van der Waals surface area contributed by atoms with E-state index in [9.17, 15) is 4.39 Å². The van der Waals surface area contributed by atoms with Gasteiger partial charge in [0.1, 0.15) is 0 Å². The molecule has 0 aromatic rings. The van der Waals surface area contributed by atoms with E-state index in [-0.39, 0.29) is 6.42 Å². The van der Waals surface area contributed by atoms with Gasteiger partial charge in [-0.2, -0.15) is 0 Å². The smallest absolute Gasteiger partial charge is 0.209 e. The zero-order valence-electron chi connectivity index (χ0n) is 5.60. The minimum absolute atomic E-state index is 0.0298. The van der Waals surface area contributed by atoms with E-state index in [2.05, 4.69) is 4.74 Å². The van der Waals surface area contributed by atoms with E-state index >= 15 is 0 Å². The molecule has 0 aliphatic heterocycles. The molecule has 0 heterocycles. The van der Waals surface area contributed by atoms with Gasteiger partial charge in [0, 0.05) is 7.11 Å². The summed E-state index contributed by atoms with van der Waals surface area (Å²) in [6.45, 7) is 1.53. The molecule has 2 unspecified atom stereocenters. The molecule has 0 aliphatic carbocycles. The molecule has 9 heavy (non-hydrogen) atoms. The van der Waals surface area contributed by atoms with Crippen molar-refractivity contribution in [3.8, 4) is 0 Å². The summed E-state index contributed by atoms with van der Waals surface area (Å²) in [6, 6.07) is 0. The van der Waals surface area contributed by atoms with Gasteiger partial charge in [-0.1, -0.05) is 6.92 Å². The number of aliphatic hydroxyl groups excluding tert-OH is 1. The van der Waals surface area contributed by atoms with E-state index in [4.69, 9.17) is 10.8 Å². The van der Waals surface area contributed by atoms with Gasteiger partial charge in [-0.15, -0.1) is 0 Å². The zero-order valence-corrected chi connectivity index (χ0v) is 5.60. The van der Waals surface area contributed by atoms with Gasteiger partial charge in [-0.05, 0) is 6.42 Å². The topological polar surface area (TPSA) is 55.5 Å². The molecule has 3 N–H and O–H groups in total. The lowest BCUT2D eigenvalue weighted by Gasteiger charge is -2.22. The molecule has 56 valence electrons. The quantitative estimate of drug-likeness (QED) is 0.424. The number of alkyl halides is 1. The van der Waals surface area contributed by atoms with Crippen LogP contribution in [0.4, 0.5) is 4.39 Å². The second-order valence-corrected chi connectivity index (χ2v) is 1.87. The van der Waals surface area contributed by atoms with Crippen molar-refractivity contribution in [3.05, 3.63) is 0 Å². The van der Waals surface area contributed by atoms with Crippen LogP contribution in [-0.2, 0) is 4.74 Å². The lowest BCUT2D eigenvalue weighted by atomic mass is 10.2. The van der Waals surface area contributed by atoms with E-state index in [1.54, 1.807) is 0 Å². The van der Waals surface area contributed by atoms with Gasteiger partial charge in [0.15, 0.2) is 0 Å². The van der Waals surface area contributed by atoms with Crippen molar-refractivity contribution >= 4 is 0 Å². The number of methoxy groups -OCH3 is 1. The third-order valence-electron chi connectivity index (χ3n) is 1.18. The van der Waals surface area contributed by atoms with Crippen molar-refractivity contribution in [2.24, 2.45) is 5.73 Å². The van der Waals surface area contributed by atoms with E-state index < -0.39 is 12.1 Å². The molecule has 2 atom stereocenters. The van der Waals surface area contributed by atoms with Crippen molar-refractivity contribution in [1.82, 2.24) is 0 Å². The van der Waals surface area contributed by atoms with Gasteiger partial charge in [-0.3, -0.25) is 5.73 Å². The fraction of sp³-hybridized carbons (Fsp3) is 1.00. The summed E-state index contributed by atoms with van der Waals surface area (Å²) < 4.78 is 16.9. The highest BCUT2D eigenvalue weighted by Gasteiger charge is 2.31. The minimum atomic E-state index is -2.12. The number of rotatable bonds is 3. The average molecular weight is 137 g/mol. The van der Waals surface area contributed by atoms with Crippen LogP contribution < -0.4 is 5.73 Å². The molecule has 0 aliphatic rings. The van der Waals surface area contributed by atoms with Crippen LogP contribution >= 0.6 is 0 Å². The Bertz CT molecular complexity index is 87.0.